The van der Waals surface area contributed by atoms with Gasteiger partial charge in [0.05, 0.1) is 0 Å². The molecule has 2 aromatic heterocycles. The highest BCUT2D eigenvalue weighted by molar-refractivity contribution is 6.12. The SMILES string of the molecule is c1ccc(-c2cccc(-c3ccc4c(c3)oc3cccc(-c5nc(-c6ccccc6)nc(-c6ccccc6)n5)c34)c2)cc1. The molecule has 4 heteroatoms. The Labute approximate surface area is 249 Å². The van der Waals surface area contributed by atoms with Crippen molar-refractivity contribution in [3.8, 4) is 56.4 Å². The Morgan fingerprint density at radius 3 is 1.51 bits per heavy atom. The number of nitrogens with zero attached hydrogens (tertiary/aromatic N) is 3. The molecule has 0 saturated heterocycles. The Bertz CT molecular complexity index is 2170. The van der Waals surface area contributed by atoms with Gasteiger partial charge in [-0.15, -0.1) is 0 Å². The van der Waals surface area contributed by atoms with E-state index in [4.69, 9.17) is 19.4 Å². The van der Waals surface area contributed by atoms with Crippen LogP contribution in [0.1, 0.15) is 0 Å². The topological polar surface area (TPSA) is 51.8 Å². The van der Waals surface area contributed by atoms with Crippen molar-refractivity contribution in [2.75, 3.05) is 0 Å². The summed E-state index contributed by atoms with van der Waals surface area (Å²) in [6, 6.07) is 51.6. The first-order chi connectivity index (χ1) is 21.3. The number of benzene rings is 6. The molecule has 8 rings (SSSR count). The van der Waals surface area contributed by atoms with Crippen LogP contribution in [-0.4, -0.2) is 15.0 Å². The van der Waals surface area contributed by atoms with Crippen LogP contribution in [0.3, 0.4) is 0 Å². The van der Waals surface area contributed by atoms with Gasteiger partial charge in [-0.2, -0.15) is 0 Å². The third-order valence-electron chi connectivity index (χ3n) is 7.74. The van der Waals surface area contributed by atoms with Crippen molar-refractivity contribution < 1.29 is 4.42 Å². The molecule has 0 aliphatic carbocycles. The molecule has 0 fully saturated rings. The molecular weight excluding hydrogens is 526 g/mol. The second-order valence-corrected chi connectivity index (χ2v) is 10.5. The zero-order valence-electron chi connectivity index (χ0n) is 23.2. The highest BCUT2D eigenvalue weighted by Crippen LogP contribution is 2.38. The molecule has 8 aromatic rings. The molecule has 0 aliphatic heterocycles. The molecule has 0 unspecified atom stereocenters. The van der Waals surface area contributed by atoms with Gasteiger partial charge in [0.2, 0.25) is 0 Å². The normalized spacial score (nSPS) is 11.3. The summed E-state index contributed by atoms with van der Waals surface area (Å²) < 4.78 is 6.45. The molecule has 0 saturated carbocycles. The fourth-order valence-electron chi connectivity index (χ4n) is 5.63. The number of hydrogen-bond acceptors (Lipinski definition) is 4. The van der Waals surface area contributed by atoms with Crippen LogP contribution in [0.4, 0.5) is 0 Å². The van der Waals surface area contributed by atoms with Crippen LogP contribution in [0.5, 0.6) is 0 Å². The van der Waals surface area contributed by atoms with Crippen molar-refractivity contribution in [2.24, 2.45) is 0 Å². The first kappa shape index (κ1) is 24.9. The van der Waals surface area contributed by atoms with Gasteiger partial charge in [-0.25, -0.2) is 15.0 Å². The quantitative estimate of drug-likeness (QED) is 0.214. The van der Waals surface area contributed by atoms with Crippen molar-refractivity contribution in [3.05, 3.63) is 152 Å². The molecule has 202 valence electrons. The third kappa shape index (κ3) is 4.65. The molecule has 0 atom stereocenters. The fraction of sp³-hybridized carbons (Fsp3) is 0. The summed E-state index contributed by atoms with van der Waals surface area (Å²) >= 11 is 0. The Balaban J connectivity index is 1.28. The second kappa shape index (κ2) is 10.5. The Morgan fingerprint density at radius 1 is 0.349 bits per heavy atom. The van der Waals surface area contributed by atoms with Gasteiger partial charge in [-0.1, -0.05) is 127 Å². The van der Waals surface area contributed by atoms with Crippen LogP contribution in [0.25, 0.3) is 78.4 Å². The average molecular weight is 552 g/mol. The van der Waals surface area contributed by atoms with Gasteiger partial charge in [-0.05, 0) is 46.5 Å². The Morgan fingerprint density at radius 2 is 0.860 bits per heavy atom. The first-order valence-corrected chi connectivity index (χ1v) is 14.3. The molecule has 0 aliphatic rings. The van der Waals surface area contributed by atoms with Crippen molar-refractivity contribution in [3.63, 3.8) is 0 Å². The highest BCUT2D eigenvalue weighted by atomic mass is 16.3. The molecule has 0 radical (unpaired) electrons. The van der Waals surface area contributed by atoms with Gasteiger partial charge in [0.25, 0.3) is 0 Å². The van der Waals surface area contributed by atoms with Gasteiger partial charge in [-0.3, -0.25) is 0 Å². The number of hydrogen-bond donors (Lipinski definition) is 0. The van der Waals surface area contributed by atoms with Gasteiger partial charge in [0.15, 0.2) is 17.5 Å². The van der Waals surface area contributed by atoms with E-state index in [-0.39, 0.29) is 0 Å². The van der Waals surface area contributed by atoms with Crippen LogP contribution >= 0.6 is 0 Å². The maximum atomic E-state index is 6.45. The van der Waals surface area contributed by atoms with E-state index < -0.39 is 0 Å². The van der Waals surface area contributed by atoms with Crippen molar-refractivity contribution in [1.29, 1.82) is 0 Å². The van der Waals surface area contributed by atoms with Crippen LogP contribution in [-0.2, 0) is 0 Å². The maximum Gasteiger partial charge on any atom is 0.164 e. The molecule has 6 aromatic carbocycles. The number of rotatable bonds is 5. The van der Waals surface area contributed by atoms with Crippen LogP contribution in [0.2, 0.25) is 0 Å². The molecular formula is C39H25N3O. The molecule has 0 amide bonds. The van der Waals surface area contributed by atoms with Gasteiger partial charge >= 0.3 is 0 Å². The van der Waals surface area contributed by atoms with Crippen LogP contribution < -0.4 is 0 Å². The second-order valence-electron chi connectivity index (χ2n) is 10.5. The number of aromatic nitrogens is 3. The summed E-state index contributed by atoms with van der Waals surface area (Å²) in [5, 5.41) is 2.02. The minimum atomic E-state index is 0.612. The van der Waals surface area contributed by atoms with Crippen molar-refractivity contribution >= 4 is 21.9 Å². The molecule has 0 bridgehead atoms. The summed E-state index contributed by atoms with van der Waals surface area (Å²) in [4.78, 5) is 14.8. The van der Waals surface area contributed by atoms with E-state index in [1.807, 2.05) is 78.9 Å². The van der Waals surface area contributed by atoms with Crippen LogP contribution in [0.15, 0.2) is 156 Å². The summed E-state index contributed by atoms with van der Waals surface area (Å²) in [5.41, 5.74) is 9.03. The first-order valence-electron chi connectivity index (χ1n) is 14.3. The summed E-state index contributed by atoms with van der Waals surface area (Å²) in [6.07, 6.45) is 0. The zero-order chi connectivity index (χ0) is 28.6. The van der Waals surface area contributed by atoms with Gasteiger partial charge < -0.3 is 4.42 Å². The van der Waals surface area contributed by atoms with Gasteiger partial charge in [0.1, 0.15) is 11.2 Å². The van der Waals surface area contributed by atoms with Crippen molar-refractivity contribution in [1.82, 2.24) is 15.0 Å². The molecule has 2 heterocycles. The van der Waals surface area contributed by atoms with E-state index >= 15 is 0 Å². The summed E-state index contributed by atoms with van der Waals surface area (Å²) in [5.74, 6) is 1.88. The standard InChI is InChI=1S/C39H25N3O/c1-4-12-26(13-5-1)29-18-10-19-30(24-29)31-22-23-32-35(25-31)43-34-21-11-20-33(36(32)34)39-41-37(27-14-6-2-7-15-27)40-38(42-39)28-16-8-3-9-17-28/h1-25H. The third-order valence-corrected chi connectivity index (χ3v) is 7.74. The zero-order valence-corrected chi connectivity index (χ0v) is 23.2. The molecule has 0 spiro atoms. The Kier molecular flexibility index (Phi) is 6.08. The predicted molar refractivity (Wildman–Crippen MR) is 174 cm³/mol. The average Bonchev–Trinajstić information content (AvgIpc) is 3.47. The lowest BCUT2D eigenvalue weighted by Crippen LogP contribution is -2.00. The van der Waals surface area contributed by atoms with E-state index in [2.05, 4.69) is 72.8 Å². The monoisotopic (exact) mass is 551 g/mol. The van der Waals surface area contributed by atoms with E-state index in [1.165, 1.54) is 11.1 Å². The number of fused-ring (bicyclic) bond motifs is 3. The lowest BCUT2D eigenvalue weighted by atomic mass is 9.98. The predicted octanol–water partition coefficient (Wildman–Crippen LogP) is 10.1. The van der Waals surface area contributed by atoms with E-state index in [1.54, 1.807) is 0 Å². The summed E-state index contributed by atoms with van der Waals surface area (Å²) in [6.45, 7) is 0. The van der Waals surface area contributed by atoms with E-state index in [0.717, 1.165) is 49.8 Å². The highest BCUT2D eigenvalue weighted by Gasteiger charge is 2.18. The smallest absolute Gasteiger partial charge is 0.164 e. The molecule has 4 nitrogen and oxygen atoms in total. The minimum absolute atomic E-state index is 0.612. The number of furan rings is 1. The molecule has 0 N–H and O–H groups in total. The minimum Gasteiger partial charge on any atom is -0.456 e. The lowest BCUT2D eigenvalue weighted by molar-refractivity contribution is 0.669. The Hall–Kier alpha value is -5.87. The van der Waals surface area contributed by atoms with Crippen molar-refractivity contribution in [2.45, 2.75) is 0 Å². The van der Waals surface area contributed by atoms with Gasteiger partial charge in [0, 0.05) is 27.5 Å². The van der Waals surface area contributed by atoms with E-state index in [9.17, 15) is 0 Å². The summed E-state index contributed by atoms with van der Waals surface area (Å²) in [7, 11) is 0. The van der Waals surface area contributed by atoms with E-state index in [0.29, 0.717) is 17.5 Å². The molecule has 43 heavy (non-hydrogen) atoms. The van der Waals surface area contributed by atoms with Crippen LogP contribution in [0, 0.1) is 0 Å². The lowest BCUT2D eigenvalue weighted by Gasteiger charge is -2.09. The maximum absolute atomic E-state index is 6.45. The fourth-order valence-corrected chi connectivity index (χ4v) is 5.63. The largest absolute Gasteiger partial charge is 0.456 e.